The van der Waals surface area contributed by atoms with Crippen LogP contribution in [-0.2, 0) is 0 Å². The average Bonchev–Trinajstić information content (AvgIpc) is 2.26. The lowest BCUT2D eigenvalue weighted by atomic mass is 10.1. The van der Waals surface area contributed by atoms with E-state index in [1.54, 1.807) is 0 Å². The zero-order valence-electron chi connectivity index (χ0n) is 13.1. The summed E-state index contributed by atoms with van der Waals surface area (Å²) in [4.78, 5) is 9.28. The molecule has 4 nitrogen and oxygen atoms in total. The number of para-hydroxylation sites is 2. The number of nitrogens with zero attached hydrogens (tertiary/aromatic N) is 2. The van der Waals surface area contributed by atoms with Crippen molar-refractivity contribution in [2.45, 2.75) is 52.6 Å². The van der Waals surface area contributed by atoms with Crippen molar-refractivity contribution in [3.8, 4) is 0 Å². The Bertz CT molecular complexity index is 672. The van der Waals surface area contributed by atoms with Gasteiger partial charge >= 0.3 is 0 Å². The van der Waals surface area contributed by atoms with E-state index >= 15 is 0 Å². The van der Waals surface area contributed by atoms with E-state index in [-0.39, 0.29) is 11.1 Å². The van der Waals surface area contributed by atoms with Crippen molar-refractivity contribution >= 4 is 16.9 Å². The first-order chi connectivity index (χ1) is 9.14. The van der Waals surface area contributed by atoms with Crippen LogP contribution in [0.1, 0.15) is 41.5 Å². The molecule has 0 aliphatic heterocycles. The molecule has 1 aromatic heterocycles. The predicted octanol–water partition coefficient (Wildman–Crippen LogP) is 3.74. The van der Waals surface area contributed by atoms with Gasteiger partial charge in [0.15, 0.2) is 11.4 Å². The predicted molar refractivity (Wildman–Crippen MR) is 82.7 cm³/mol. The van der Waals surface area contributed by atoms with E-state index in [0.717, 1.165) is 11.1 Å². The third-order valence-electron chi connectivity index (χ3n) is 2.44. The number of aromatic nitrogens is 1. The van der Waals surface area contributed by atoms with Gasteiger partial charge in [0.05, 0.1) is 5.54 Å². The van der Waals surface area contributed by atoms with E-state index in [1.807, 2.05) is 45.0 Å². The molecule has 0 amide bonds. The van der Waals surface area contributed by atoms with Gasteiger partial charge in [-0.3, -0.25) is 0 Å². The van der Waals surface area contributed by atoms with Crippen LogP contribution in [0.5, 0.6) is 0 Å². The third kappa shape index (κ3) is 3.83. The highest BCUT2D eigenvalue weighted by molar-refractivity contribution is 5.72. The van der Waals surface area contributed by atoms with Crippen LogP contribution in [-0.4, -0.2) is 16.1 Å². The van der Waals surface area contributed by atoms with Crippen LogP contribution >= 0.6 is 0 Å². The summed E-state index contributed by atoms with van der Waals surface area (Å²) in [5.41, 5.74) is 1.79. The van der Waals surface area contributed by atoms with Crippen LogP contribution in [0.4, 0.5) is 5.82 Å². The number of benzene rings is 1. The Morgan fingerprint density at radius 1 is 1.05 bits per heavy atom. The van der Waals surface area contributed by atoms with Crippen molar-refractivity contribution < 1.29 is 4.42 Å². The number of anilines is 1. The monoisotopic (exact) mass is 273 g/mol. The molecule has 2 rings (SSSR count). The molecule has 1 N–H and O–H groups in total. The van der Waals surface area contributed by atoms with Gasteiger partial charge in [0.1, 0.15) is 5.52 Å². The van der Waals surface area contributed by atoms with Gasteiger partial charge in [0, 0.05) is 5.54 Å². The average molecular weight is 273 g/mol. The molecule has 0 saturated carbocycles. The molecule has 0 spiro atoms. The summed E-state index contributed by atoms with van der Waals surface area (Å²) in [5.74, 6) is 0.686. The molecule has 0 aliphatic rings. The maximum atomic E-state index is 5.92. The topological polar surface area (TPSA) is 50.4 Å². The highest BCUT2D eigenvalue weighted by Gasteiger charge is 2.16. The van der Waals surface area contributed by atoms with Gasteiger partial charge in [-0.25, -0.2) is 9.98 Å². The van der Waals surface area contributed by atoms with Crippen LogP contribution in [0.2, 0.25) is 0 Å². The highest BCUT2D eigenvalue weighted by atomic mass is 16.3. The van der Waals surface area contributed by atoms with Crippen molar-refractivity contribution in [3.05, 3.63) is 29.8 Å². The lowest BCUT2D eigenvalue weighted by Gasteiger charge is -2.21. The van der Waals surface area contributed by atoms with Gasteiger partial charge in [0.2, 0.25) is 0 Å². The van der Waals surface area contributed by atoms with Crippen molar-refractivity contribution in [2.24, 2.45) is 4.99 Å². The second-order valence-corrected chi connectivity index (χ2v) is 6.99. The van der Waals surface area contributed by atoms with E-state index < -0.39 is 0 Å². The first-order valence-corrected chi connectivity index (χ1v) is 6.88. The number of rotatable bonds is 1. The molecule has 0 saturated heterocycles. The molecule has 0 fully saturated rings. The second kappa shape index (κ2) is 4.93. The first-order valence-electron chi connectivity index (χ1n) is 6.88. The fourth-order valence-corrected chi connectivity index (χ4v) is 1.77. The van der Waals surface area contributed by atoms with Gasteiger partial charge in [-0.05, 0) is 53.7 Å². The molecular weight excluding hydrogens is 250 g/mol. The molecule has 0 aliphatic carbocycles. The molecule has 0 bridgehead atoms. The van der Waals surface area contributed by atoms with Crippen LogP contribution in [0, 0.1) is 0 Å². The van der Waals surface area contributed by atoms with Crippen LogP contribution in [0.3, 0.4) is 0 Å². The molecule has 0 atom stereocenters. The molecule has 20 heavy (non-hydrogen) atoms. The summed E-state index contributed by atoms with van der Waals surface area (Å²) < 4.78 is 5.92. The quantitative estimate of drug-likeness (QED) is 0.861. The van der Waals surface area contributed by atoms with Gasteiger partial charge in [0.25, 0.3) is 5.55 Å². The molecule has 4 heteroatoms. The summed E-state index contributed by atoms with van der Waals surface area (Å²) in [6.07, 6.45) is 0. The Kier molecular flexibility index (Phi) is 3.59. The SMILES string of the molecule is CC(C)(C)N=c1oc2ccccc2nc1NC(C)(C)C. The molecule has 0 radical (unpaired) electrons. The molecular formula is C16H23N3O. The van der Waals surface area contributed by atoms with Gasteiger partial charge in [-0.2, -0.15) is 0 Å². The van der Waals surface area contributed by atoms with E-state index in [1.165, 1.54) is 0 Å². The fourth-order valence-electron chi connectivity index (χ4n) is 1.77. The lowest BCUT2D eigenvalue weighted by Crippen LogP contribution is -2.31. The first kappa shape index (κ1) is 14.6. The van der Waals surface area contributed by atoms with Crippen LogP contribution < -0.4 is 10.9 Å². The molecule has 1 heterocycles. The van der Waals surface area contributed by atoms with Crippen molar-refractivity contribution in [1.29, 1.82) is 0 Å². The van der Waals surface area contributed by atoms with Gasteiger partial charge < -0.3 is 9.73 Å². The number of hydrogen-bond acceptors (Lipinski definition) is 4. The van der Waals surface area contributed by atoms with E-state index in [2.05, 4.69) is 36.1 Å². The summed E-state index contributed by atoms with van der Waals surface area (Å²) in [6.45, 7) is 12.4. The molecule has 108 valence electrons. The standard InChI is InChI=1S/C16H23N3O/c1-15(2,3)18-13-14(19-16(4,5)6)20-12-10-8-7-9-11(12)17-13/h7-10H,1-6H3,(H,17,18). The summed E-state index contributed by atoms with van der Waals surface area (Å²) in [5, 5.41) is 3.37. The Morgan fingerprint density at radius 3 is 2.30 bits per heavy atom. The van der Waals surface area contributed by atoms with Gasteiger partial charge in [-0.15, -0.1) is 0 Å². The zero-order valence-corrected chi connectivity index (χ0v) is 13.1. The second-order valence-electron chi connectivity index (χ2n) is 6.99. The minimum atomic E-state index is -0.220. The van der Waals surface area contributed by atoms with E-state index in [0.29, 0.717) is 11.4 Å². The summed E-state index contributed by atoms with van der Waals surface area (Å²) >= 11 is 0. The molecule has 0 unspecified atom stereocenters. The molecule has 2 aromatic rings. The highest BCUT2D eigenvalue weighted by Crippen LogP contribution is 2.15. The number of nitrogens with one attached hydrogen (secondary N) is 1. The lowest BCUT2D eigenvalue weighted by molar-refractivity contribution is 0.473. The van der Waals surface area contributed by atoms with E-state index in [9.17, 15) is 0 Å². The van der Waals surface area contributed by atoms with Crippen molar-refractivity contribution in [2.75, 3.05) is 5.32 Å². The third-order valence-corrected chi connectivity index (χ3v) is 2.44. The van der Waals surface area contributed by atoms with Crippen molar-refractivity contribution in [3.63, 3.8) is 0 Å². The Labute approximate surface area is 120 Å². The maximum absolute atomic E-state index is 5.92. The minimum absolute atomic E-state index is 0.104. The normalized spacial score (nSPS) is 13.8. The number of hydrogen-bond donors (Lipinski definition) is 1. The van der Waals surface area contributed by atoms with Crippen LogP contribution in [0.15, 0.2) is 33.7 Å². The summed E-state index contributed by atoms with van der Waals surface area (Å²) in [6, 6.07) is 7.73. The number of fused-ring (bicyclic) bond motifs is 1. The fraction of sp³-hybridized carbons (Fsp3) is 0.500. The minimum Gasteiger partial charge on any atom is -0.434 e. The van der Waals surface area contributed by atoms with Crippen molar-refractivity contribution in [1.82, 2.24) is 4.98 Å². The van der Waals surface area contributed by atoms with E-state index in [4.69, 9.17) is 4.42 Å². The van der Waals surface area contributed by atoms with Crippen LogP contribution in [0.25, 0.3) is 11.1 Å². The largest absolute Gasteiger partial charge is 0.434 e. The summed E-state index contributed by atoms with van der Waals surface area (Å²) in [7, 11) is 0. The smallest absolute Gasteiger partial charge is 0.258 e. The Hall–Kier alpha value is -1.84. The molecule has 1 aromatic carbocycles. The van der Waals surface area contributed by atoms with Gasteiger partial charge in [-0.1, -0.05) is 12.1 Å². The zero-order chi connectivity index (χ0) is 15.0. The Morgan fingerprint density at radius 2 is 1.70 bits per heavy atom. The Balaban J connectivity index is 2.68. The maximum Gasteiger partial charge on any atom is 0.258 e.